The first kappa shape index (κ1) is 32.0. The molecule has 2 aromatic rings. The molecule has 0 aliphatic heterocycles. The maximum Gasteiger partial charge on any atom is 0.192 e. The van der Waals surface area contributed by atoms with E-state index in [-0.39, 0.29) is 22.3 Å². The molecule has 0 radical (unpaired) electrons. The Morgan fingerprint density at radius 1 is 0.769 bits per heavy atom. The monoisotopic (exact) mass is 582 g/mol. The smallest absolute Gasteiger partial charge is 0.192 e. The Bertz CT molecular complexity index is 1120. The summed E-state index contributed by atoms with van der Waals surface area (Å²) in [6.45, 7) is 27.5. The molecule has 3 rings (SSSR count). The first-order chi connectivity index (χ1) is 17.9. The zero-order chi connectivity index (χ0) is 29.3. The van der Waals surface area contributed by atoms with Crippen LogP contribution < -0.4 is 10.6 Å². The molecule has 6 heteroatoms. The Morgan fingerprint density at radius 3 is 1.46 bits per heavy atom. The second kappa shape index (κ2) is 11.8. The molecule has 0 saturated heterocycles. The molecule has 0 N–H and O–H groups in total. The van der Waals surface area contributed by atoms with Gasteiger partial charge in [0, 0.05) is 16.8 Å². The average molecular weight is 583 g/mol. The first-order valence-electron chi connectivity index (χ1n) is 14.3. The third kappa shape index (κ3) is 7.43. The summed E-state index contributed by atoms with van der Waals surface area (Å²) in [6, 6.07) is 19.9. The zero-order valence-corrected chi connectivity index (χ0v) is 28.9. The van der Waals surface area contributed by atoms with E-state index in [4.69, 9.17) is 8.85 Å². The molecule has 1 fully saturated rings. The molecule has 0 spiro atoms. The van der Waals surface area contributed by atoms with Gasteiger partial charge in [0.05, 0.1) is 12.2 Å². The minimum Gasteiger partial charge on any atom is -0.410 e. The topological polar surface area (TPSA) is 35.5 Å². The van der Waals surface area contributed by atoms with Crippen molar-refractivity contribution in [2.45, 2.75) is 103 Å². The van der Waals surface area contributed by atoms with E-state index in [0.29, 0.717) is 6.16 Å². The fourth-order valence-electron chi connectivity index (χ4n) is 4.45. The van der Waals surface area contributed by atoms with Crippen molar-refractivity contribution in [1.29, 1.82) is 0 Å². The van der Waals surface area contributed by atoms with Crippen molar-refractivity contribution < 1.29 is 13.4 Å². The van der Waals surface area contributed by atoms with Gasteiger partial charge in [0.1, 0.15) is 7.14 Å². The fourth-order valence-corrected chi connectivity index (χ4v) is 9.59. The molecule has 1 saturated carbocycles. The predicted molar refractivity (Wildman–Crippen MR) is 175 cm³/mol. The number of rotatable bonds is 8. The van der Waals surface area contributed by atoms with E-state index in [0.717, 1.165) is 29.0 Å². The van der Waals surface area contributed by atoms with Gasteiger partial charge in [-0.05, 0) is 54.7 Å². The second-order valence-electron chi connectivity index (χ2n) is 14.2. The van der Waals surface area contributed by atoms with Crippen molar-refractivity contribution in [2.24, 2.45) is 0 Å². The van der Waals surface area contributed by atoms with Crippen LogP contribution in [0.15, 0.2) is 84.5 Å². The molecule has 1 aliphatic rings. The van der Waals surface area contributed by atoms with E-state index in [9.17, 15) is 4.57 Å². The number of benzene rings is 2. The average Bonchev–Trinajstić information content (AvgIpc) is 2.84. The van der Waals surface area contributed by atoms with Gasteiger partial charge in [-0.25, -0.2) is 0 Å². The minimum absolute atomic E-state index is 0.0894. The summed E-state index contributed by atoms with van der Waals surface area (Å²) in [5.41, 5.74) is 2.33. The molecule has 214 valence electrons. The van der Waals surface area contributed by atoms with Gasteiger partial charge in [0.15, 0.2) is 16.6 Å². The third-order valence-electron chi connectivity index (χ3n) is 9.19. The SMILES string of the molecule is C=C1C(O[Si](C)(C)C(C)(C)C)C/C(=C/CP(=O)(c2ccccc2)c2ccccc2)C[C@H]1O[Si](C)(C)C(C)(C)C. The minimum atomic E-state index is -2.84. The summed E-state index contributed by atoms with van der Waals surface area (Å²) in [5.74, 6) is 0. The van der Waals surface area contributed by atoms with E-state index in [1.165, 1.54) is 5.57 Å². The lowest BCUT2D eigenvalue weighted by molar-refractivity contribution is 0.132. The number of allylic oxidation sites excluding steroid dienone is 1. The quantitative estimate of drug-likeness (QED) is 0.177. The summed E-state index contributed by atoms with van der Waals surface area (Å²) >= 11 is 0. The lowest BCUT2D eigenvalue weighted by atomic mass is 9.86. The lowest BCUT2D eigenvalue weighted by Crippen LogP contribution is -2.49. The van der Waals surface area contributed by atoms with Gasteiger partial charge in [-0.2, -0.15) is 0 Å². The van der Waals surface area contributed by atoms with Gasteiger partial charge in [-0.3, -0.25) is 0 Å². The molecule has 1 unspecified atom stereocenters. The molecule has 0 bridgehead atoms. The van der Waals surface area contributed by atoms with Crippen LogP contribution in [0.4, 0.5) is 0 Å². The highest BCUT2D eigenvalue weighted by Gasteiger charge is 2.45. The Kier molecular flexibility index (Phi) is 9.67. The Hall–Kier alpha value is -1.50. The Labute approximate surface area is 240 Å². The van der Waals surface area contributed by atoms with Gasteiger partial charge >= 0.3 is 0 Å². The van der Waals surface area contributed by atoms with Crippen LogP contribution in [0.1, 0.15) is 54.4 Å². The van der Waals surface area contributed by atoms with Crippen LogP contribution in [0.2, 0.25) is 36.3 Å². The summed E-state index contributed by atoms with van der Waals surface area (Å²) in [7, 11) is -6.92. The molecule has 3 nitrogen and oxygen atoms in total. The summed E-state index contributed by atoms with van der Waals surface area (Å²) < 4.78 is 28.7. The highest BCUT2D eigenvalue weighted by atomic mass is 31.2. The zero-order valence-electron chi connectivity index (χ0n) is 26.0. The standard InChI is InChI=1S/C33H51O3PSi2/c1-26-30(35-38(8,9)32(2,3)4)24-27(25-31(26)36-39(10,11)33(5,6)7)22-23-37(34,28-18-14-12-15-19-28)29-20-16-13-17-21-29/h12-22,30-31H,1,23-25H2,2-11H3/b27-22-/t30?,31-/m1/s1. The third-order valence-corrected chi connectivity index (χ3v) is 21.1. The summed E-state index contributed by atoms with van der Waals surface area (Å²) in [5, 5.41) is 1.99. The highest BCUT2D eigenvalue weighted by Crippen LogP contribution is 2.47. The van der Waals surface area contributed by atoms with Crippen molar-refractivity contribution in [3.8, 4) is 0 Å². The van der Waals surface area contributed by atoms with E-state index >= 15 is 0 Å². The van der Waals surface area contributed by atoms with E-state index < -0.39 is 23.8 Å². The van der Waals surface area contributed by atoms with Gasteiger partial charge < -0.3 is 13.4 Å². The molecule has 0 amide bonds. The van der Waals surface area contributed by atoms with Crippen molar-refractivity contribution in [2.75, 3.05) is 6.16 Å². The molecular formula is C33H51O3PSi2. The van der Waals surface area contributed by atoms with Crippen LogP contribution >= 0.6 is 7.14 Å². The maximum absolute atomic E-state index is 14.7. The molecule has 2 atom stereocenters. The molecule has 39 heavy (non-hydrogen) atoms. The van der Waals surface area contributed by atoms with Crippen molar-refractivity contribution in [1.82, 2.24) is 0 Å². The Morgan fingerprint density at radius 2 is 1.13 bits per heavy atom. The van der Waals surface area contributed by atoms with Crippen LogP contribution in [0.3, 0.4) is 0 Å². The van der Waals surface area contributed by atoms with E-state index in [2.05, 4.69) is 80.4 Å². The van der Waals surface area contributed by atoms with Crippen molar-refractivity contribution in [3.05, 3.63) is 84.5 Å². The predicted octanol–water partition coefficient (Wildman–Crippen LogP) is 9.06. The van der Waals surface area contributed by atoms with Crippen LogP contribution in [-0.2, 0) is 13.4 Å². The van der Waals surface area contributed by atoms with Crippen LogP contribution in [0.25, 0.3) is 0 Å². The van der Waals surface area contributed by atoms with Crippen molar-refractivity contribution >= 4 is 34.4 Å². The number of hydrogen-bond donors (Lipinski definition) is 0. The van der Waals surface area contributed by atoms with Gasteiger partial charge in [0.25, 0.3) is 0 Å². The normalized spacial score (nSPS) is 20.9. The summed E-state index contributed by atoms with van der Waals surface area (Å²) in [6.07, 6.45) is 4.11. The Balaban J connectivity index is 2.00. The summed E-state index contributed by atoms with van der Waals surface area (Å²) in [4.78, 5) is 0. The largest absolute Gasteiger partial charge is 0.410 e. The van der Waals surface area contributed by atoms with Gasteiger partial charge in [-0.15, -0.1) is 0 Å². The van der Waals surface area contributed by atoms with Crippen LogP contribution in [-0.4, -0.2) is 35.0 Å². The highest BCUT2D eigenvalue weighted by molar-refractivity contribution is 7.78. The van der Waals surface area contributed by atoms with E-state index in [1.807, 2.05) is 60.7 Å². The molecule has 0 heterocycles. The fraction of sp³-hybridized carbons (Fsp3) is 0.515. The first-order valence-corrected chi connectivity index (χ1v) is 22.0. The van der Waals surface area contributed by atoms with E-state index in [1.54, 1.807) is 0 Å². The number of hydrogen-bond acceptors (Lipinski definition) is 3. The van der Waals surface area contributed by atoms with Gasteiger partial charge in [-0.1, -0.05) is 120 Å². The molecule has 2 aromatic carbocycles. The maximum atomic E-state index is 14.7. The lowest BCUT2D eigenvalue weighted by Gasteiger charge is -2.46. The van der Waals surface area contributed by atoms with Crippen molar-refractivity contribution in [3.63, 3.8) is 0 Å². The molecule has 0 aromatic heterocycles. The molecule has 1 aliphatic carbocycles. The molecular weight excluding hydrogens is 532 g/mol. The van der Waals surface area contributed by atoms with Crippen LogP contribution in [0.5, 0.6) is 0 Å². The second-order valence-corrected chi connectivity index (χ2v) is 26.6. The van der Waals surface area contributed by atoms with Crippen LogP contribution in [0, 0.1) is 0 Å². The van der Waals surface area contributed by atoms with Gasteiger partial charge in [0.2, 0.25) is 0 Å².